The number of urea groups is 2. The number of rotatable bonds is 6. The van der Waals surface area contributed by atoms with Crippen LogP contribution in [0.1, 0.15) is 51.2 Å². The molecule has 1 aliphatic carbocycles. The molecule has 3 aliphatic heterocycles. The normalized spacial score (nSPS) is 22.6. The number of amides is 8. The monoisotopic (exact) mass is 556 g/mol. The zero-order chi connectivity index (χ0) is 29.1. The minimum absolute atomic E-state index is 0.0196. The van der Waals surface area contributed by atoms with Gasteiger partial charge in [-0.3, -0.25) is 38.8 Å². The molecule has 0 unspecified atom stereocenters. The van der Waals surface area contributed by atoms with Gasteiger partial charge in [-0.25, -0.2) is 9.59 Å². The molecule has 0 aromatic heterocycles. The molecule has 0 N–H and O–H groups in total. The van der Waals surface area contributed by atoms with Crippen molar-refractivity contribution in [2.24, 2.45) is 11.3 Å². The van der Waals surface area contributed by atoms with E-state index in [-0.39, 0.29) is 62.9 Å². The van der Waals surface area contributed by atoms with E-state index in [9.17, 15) is 28.8 Å². The number of ether oxygens (including phenoxy) is 3. The number of benzene rings is 1. The molecule has 3 heterocycles. The molecule has 0 bridgehead atoms. The van der Waals surface area contributed by atoms with E-state index in [4.69, 9.17) is 14.2 Å². The minimum Gasteiger partial charge on any atom is -0.492 e. The molecule has 2 fully saturated rings. The van der Waals surface area contributed by atoms with Crippen LogP contribution in [0.3, 0.4) is 0 Å². The van der Waals surface area contributed by atoms with Crippen LogP contribution in [-0.2, 0) is 25.6 Å². The summed E-state index contributed by atoms with van der Waals surface area (Å²) >= 11 is 0. The van der Waals surface area contributed by atoms with Crippen LogP contribution >= 0.6 is 0 Å². The number of carbonyl (C=O) groups excluding carboxylic acids is 6. The van der Waals surface area contributed by atoms with Crippen LogP contribution in [0, 0.1) is 11.3 Å². The standard InChI is InChI=1S/C27H32N4O9/c1-6-28-21(32)17(22(33)29(7-2)25(28)36)18-16-14(12-15-19(20(16)38-5)40-13-39-15)10-11-27(18)23(34)30(8-3)26(37)31(9-4)24(27)35/h12,17-18H,6-11,13H2,1-5H3/t18-/m1/s1. The number of hydrogen-bond donors (Lipinski definition) is 0. The summed E-state index contributed by atoms with van der Waals surface area (Å²) in [5.41, 5.74) is -1.10. The third-order valence-corrected chi connectivity index (χ3v) is 8.42. The molecule has 5 rings (SSSR count). The Balaban J connectivity index is 1.85. The first-order chi connectivity index (χ1) is 19.1. The van der Waals surface area contributed by atoms with E-state index in [0.717, 1.165) is 19.6 Å². The number of hydrogen-bond acceptors (Lipinski definition) is 9. The molecule has 1 spiro atoms. The molecule has 0 saturated carbocycles. The van der Waals surface area contributed by atoms with Crippen LogP contribution in [0.15, 0.2) is 6.07 Å². The summed E-state index contributed by atoms with van der Waals surface area (Å²) in [6, 6.07) is 0.187. The highest BCUT2D eigenvalue weighted by Crippen LogP contribution is 2.60. The molecule has 1 atom stereocenters. The van der Waals surface area contributed by atoms with Crippen molar-refractivity contribution in [2.45, 2.75) is 46.5 Å². The molecule has 40 heavy (non-hydrogen) atoms. The van der Waals surface area contributed by atoms with Crippen molar-refractivity contribution in [1.82, 2.24) is 19.6 Å². The molecule has 13 heteroatoms. The average molecular weight is 557 g/mol. The lowest BCUT2D eigenvalue weighted by Crippen LogP contribution is -2.70. The van der Waals surface area contributed by atoms with Gasteiger partial charge in [0.2, 0.25) is 36.2 Å². The van der Waals surface area contributed by atoms with Gasteiger partial charge in [0.1, 0.15) is 11.3 Å². The van der Waals surface area contributed by atoms with Crippen molar-refractivity contribution in [3.05, 3.63) is 17.2 Å². The summed E-state index contributed by atoms with van der Waals surface area (Å²) in [5, 5.41) is 0. The van der Waals surface area contributed by atoms with Crippen molar-refractivity contribution in [1.29, 1.82) is 0 Å². The number of imide groups is 4. The second kappa shape index (κ2) is 9.79. The van der Waals surface area contributed by atoms with Crippen LogP contribution in [-0.4, -0.2) is 95.4 Å². The summed E-state index contributed by atoms with van der Waals surface area (Å²) < 4.78 is 17.0. The fraction of sp³-hybridized carbons (Fsp3) is 0.556. The number of carbonyl (C=O) groups is 6. The van der Waals surface area contributed by atoms with Crippen LogP contribution in [0.4, 0.5) is 9.59 Å². The quantitative estimate of drug-likeness (QED) is 0.479. The summed E-state index contributed by atoms with van der Waals surface area (Å²) in [7, 11) is 1.38. The van der Waals surface area contributed by atoms with Gasteiger partial charge in [0, 0.05) is 37.7 Å². The molecule has 2 saturated heterocycles. The largest absolute Gasteiger partial charge is 0.492 e. The van der Waals surface area contributed by atoms with E-state index in [1.165, 1.54) is 7.11 Å². The highest BCUT2D eigenvalue weighted by Gasteiger charge is 2.68. The van der Waals surface area contributed by atoms with E-state index in [1.807, 2.05) is 0 Å². The molecule has 4 aliphatic rings. The van der Waals surface area contributed by atoms with Gasteiger partial charge in [-0.1, -0.05) is 0 Å². The fourth-order valence-electron chi connectivity index (χ4n) is 6.59. The van der Waals surface area contributed by atoms with Crippen molar-refractivity contribution < 1.29 is 43.0 Å². The van der Waals surface area contributed by atoms with Gasteiger partial charge in [-0.15, -0.1) is 0 Å². The maximum Gasteiger partial charge on any atom is 0.333 e. The van der Waals surface area contributed by atoms with E-state index >= 15 is 0 Å². The maximum atomic E-state index is 14.3. The summed E-state index contributed by atoms with van der Waals surface area (Å²) in [5.74, 6) is -5.46. The second-order valence-electron chi connectivity index (χ2n) is 9.97. The first-order valence-electron chi connectivity index (χ1n) is 13.5. The number of methoxy groups -OCH3 is 1. The SMILES string of the molecule is CCN1C(=O)C([C@H]2c3c(cc4c(c3OC)OCO4)CCC23C(=O)N(CC)C(=O)N(CC)C3=O)C(=O)N(CC)C1=O. The lowest BCUT2D eigenvalue weighted by atomic mass is 9.56. The Morgan fingerprint density at radius 3 is 1.85 bits per heavy atom. The van der Waals surface area contributed by atoms with Gasteiger partial charge < -0.3 is 14.2 Å². The molecular weight excluding hydrogens is 524 g/mol. The van der Waals surface area contributed by atoms with Gasteiger partial charge in [-0.05, 0) is 52.2 Å². The van der Waals surface area contributed by atoms with Crippen LogP contribution < -0.4 is 14.2 Å². The number of aryl methyl sites for hydroxylation is 1. The number of fused-ring (bicyclic) bond motifs is 2. The van der Waals surface area contributed by atoms with Gasteiger partial charge >= 0.3 is 12.1 Å². The Morgan fingerprint density at radius 2 is 1.35 bits per heavy atom. The number of barbiturate groups is 2. The zero-order valence-corrected chi connectivity index (χ0v) is 23.1. The topological polar surface area (TPSA) is 143 Å². The third-order valence-electron chi connectivity index (χ3n) is 8.42. The first-order valence-corrected chi connectivity index (χ1v) is 13.5. The predicted molar refractivity (Wildman–Crippen MR) is 136 cm³/mol. The molecule has 1 aromatic carbocycles. The van der Waals surface area contributed by atoms with Crippen LogP contribution in [0.5, 0.6) is 17.2 Å². The Kier molecular flexibility index (Phi) is 6.71. The van der Waals surface area contributed by atoms with E-state index in [1.54, 1.807) is 33.8 Å². The van der Waals surface area contributed by atoms with Gasteiger partial charge in [-0.2, -0.15) is 0 Å². The van der Waals surface area contributed by atoms with Crippen molar-refractivity contribution in [3.63, 3.8) is 0 Å². The van der Waals surface area contributed by atoms with Crippen molar-refractivity contribution in [2.75, 3.05) is 40.1 Å². The van der Waals surface area contributed by atoms with E-state index in [0.29, 0.717) is 11.3 Å². The lowest BCUT2D eigenvalue weighted by molar-refractivity contribution is -0.166. The Bertz CT molecular complexity index is 1290. The summed E-state index contributed by atoms with van der Waals surface area (Å²) in [6.07, 6.45) is 0.122. The first kappa shape index (κ1) is 27.4. The highest BCUT2D eigenvalue weighted by molar-refractivity contribution is 6.22. The van der Waals surface area contributed by atoms with Crippen LogP contribution in [0.2, 0.25) is 0 Å². The highest BCUT2D eigenvalue weighted by atomic mass is 16.7. The second-order valence-corrected chi connectivity index (χ2v) is 9.97. The average Bonchev–Trinajstić information content (AvgIpc) is 3.40. The Labute approximate surface area is 230 Å². The smallest absolute Gasteiger partial charge is 0.333 e. The maximum absolute atomic E-state index is 14.3. The molecule has 8 amide bonds. The Morgan fingerprint density at radius 1 is 0.825 bits per heavy atom. The van der Waals surface area contributed by atoms with Crippen molar-refractivity contribution >= 4 is 35.7 Å². The van der Waals surface area contributed by atoms with E-state index in [2.05, 4.69) is 0 Å². The molecule has 13 nitrogen and oxygen atoms in total. The molecule has 214 valence electrons. The predicted octanol–water partition coefficient (Wildman–Crippen LogP) is 1.72. The van der Waals surface area contributed by atoms with Gasteiger partial charge in [0.05, 0.1) is 7.11 Å². The third kappa shape index (κ3) is 3.38. The minimum atomic E-state index is -2.00. The molecule has 1 aromatic rings. The molecule has 0 radical (unpaired) electrons. The van der Waals surface area contributed by atoms with Gasteiger partial charge in [0.15, 0.2) is 11.5 Å². The van der Waals surface area contributed by atoms with E-state index < -0.39 is 52.9 Å². The number of nitrogens with zero attached hydrogens (tertiary/aromatic N) is 4. The Hall–Kier alpha value is -4.16. The van der Waals surface area contributed by atoms with Crippen LogP contribution in [0.25, 0.3) is 0 Å². The fourth-order valence-corrected chi connectivity index (χ4v) is 6.59. The summed E-state index contributed by atoms with van der Waals surface area (Å²) in [6.45, 7) is 6.27. The molecular formula is C27H32N4O9. The van der Waals surface area contributed by atoms with Crippen molar-refractivity contribution in [3.8, 4) is 17.2 Å². The lowest BCUT2D eigenvalue weighted by Gasteiger charge is -2.52. The van der Waals surface area contributed by atoms with Gasteiger partial charge in [0.25, 0.3) is 0 Å². The zero-order valence-electron chi connectivity index (χ0n) is 23.1. The summed E-state index contributed by atoms with van der Waals surface area (Å²) in [4.78, 5) is 86.8.